The molecule has 0 radical (unpaired) electrons. The second kappa shape index (κ2) is 6.12. The van der Waals surface area contributed by atoms with E-state index in [-0.39, 0.29) is 16.3 Å². The summed E-state index contributed by atoms with van der Waals surface area (Å²) in [5, 5.41) is 8.93. The van der Waals surface area contributed by atoms with Gasteiger partial charge in [-0.2, -0.15) is 13.2 Å². The predicted molar refractivity (Wildman–Crippen MR) is 79.4 cm³/mol. The maximum absolute atomic E-state index is 12.6. The summed E-state index contributed by atoms with van der Waals surface area (Å²) in [4.78, 5) is 11.1. The van der Waals surface area contributed by atoms with Gasteiger partial charge < -0.3 is 9.84 Å². The van der Waals surface area contributed by atoms with Gasteiger partial charge in [0.25, 0.3) is 0 Å². The fourth-order valence-electron chi connectivity index (χ4n) is 2.21. The van der Waals surface area contributed by atoms with E-state index in [1.807, 2.05) is 0 Å². The Morgan fingerprint density at radius 3 is 2.13 bits per heavy atom. The van der Waals surface area contributed by atoms with Gasteiger partial charge in [0, 0.05) is 0 Å². The fraction of sp³-hybridized carbons (Fsp3) is 0.188. The van der Waals surface area contributed by atoms with Crippen molar-refractivity contribution >= 4 is 17.6 Å². The second-order valence-corrected chi connectivity index (χ2v) is 5.39. The van der Waals surface area contributed by atoms with Gasteiger partial charge >= 0.3 is 12.1 Å². The van der Waals surface area contributed by atoms with Crippen molar-refractivity contribution in [3.05, 3.63) is 57.6 Å². The Bertz CT molecular complexity index is 747. The molecule has 0 unspecified atom stereocenters. The minimum atomic E-state index is -4.49. The molecule has 23 heavy (non-hydrogen) atoms. The molecule has 2 aromatic rings. The second-order valence-electron chi connectivity index (χ2n) is 4.98. The highest BCUT2D eigenvalue weighted by atomic mass is 35.5. The van der Waals surface area contributed by atoms with E-state index in [4.69, 9.17) is 21.4 Å². The highest BCUT2D eigenvalue weighted by molar-refractivity contribution is 6.32. The normalized spacial score (nSPS) is 11.4. The van der Waals surface area contributed by atoms with E-state index in [2.05, 4.69) is 0 Å². The minimum absolute atomic E-state index is 0.0570. The largest absolute Gasteiger partial charge is 0.478 e. The first kappa shape index (κ1) is 17.1. The average Bonchev–Trinajstić information content (AvgIpc) is 2.38. The molecule has 0 aliphatic heterocycles. The summed E-state index contributed by atoms with van der Waals surface area (Å²) in [5.41, 5.74) is 0.255. The molecule has 0 spiro atoms. The van der Waals surface area contributed by atoms with E-state index in [0.29, 0.717) is 16.9 Å². The topological polar surface area (TPSA) is 46.5 Å². The van der Waals surface area contributed by atoms with Crippen LogP contribution in [0.5, 0.6) is 11.5 Å². The number of rotatable bonds is 3. The van der Waals surface area contributed by atoms with Crippen molar-refractivity contribution in [2.75, 3.05) is 0 Å². The smallest absolute Gasteiger partial charge is 0.416 e. The molecule has 0 atom stereocenters. The zero-order chi connectivity index (χ0) is 17.4. The summed E-state index contributed by atoms with van der Waals surface area (Å²) in [6, 6.07) is 5.75. The van der Waals surface area contributed by atoms with Crippen LogP contribution in [-0.2, 0) is 6.18 Å². The lowest BCUT2D eigenvalue weighted by atomic mass is 10.0. The van der Waals surface area contributed by atoms with Crippen LogP contribution in [0.15, 0.2) is 30.3 Å². The molecule has 0 saturated heterocycles. The van der Waals surface area contributed by atoms with Crippen molar-refractivity contribution in [2.24, 2.45) is 0 Å². The molecule has 2 aromatic carbocycles. The first-order valence-corrected chi connectivity index (χ1v) is 6.86. The molecule has 1 N–H and O–H groups in total. The molecule has 7 heteroatoms. The highest BCUT2D eigenvalue weighted by Crippen LogP contribution is 2.37. The van der Waals surface area contributed by atoms with Crippen molar-refractivity contribution < 1.29 is 27.8 Å². The number of carboxylic acid groups (broad SMARTS) is 1. The Morgan fingerprint density at radius 1 is 1.13 bits per heavy atom. The van der Waals surface area contributed by atoms with Gasteiger partial charge in [-0.25, -0.2) is 4.79 Å². The van der Waals surface area contributed by atoms with Gasteiger partial charge in [0.15, 0.2) is 0 Å². The Hall–Kier alpha value is -2.21. The molecular formula is C16H12ClF3O3. The molecule has 0 aliphatic rings. The number of hydrogen-bond acceptors (Lipinski definition) is 2. The number of hydrogen-bond donors (Lipinski definition) is 1. The number of carbonyl (C=O) groups is 1. The first-order chi connectivity index (χ1) is 10.6. The van der Waals surface area contributed by atoms with Crippen LogP contribution in [0.25, 0.3) is 0 Å². The molecule has 0 saturated carbocycles. The maximum atomic E-state index is 12.6. The van der Waals surface area contributed by atoms with Crippen LogP contribution in [-0.4, -0.2) is 11.1 Å². The quantitative estimate of drug-likeness (QED) is 0.803. The van der Waals surface area contributed by atoms with Crippen molar-refractivity contribution in [1.82, 2.24) is 0 Å². The summed E-state index contributed by atoms with van der Waals surface area (Å²) in [5.74, 6) is -0.702. The Balaban J connectivity index is 2.35. The lowest BCUT2D eigenvalue weighted by molar-refractivity contribution is -0.137. The number of benzene rings is 2. The van der Waals surface area contributed by atoms with Gasteiger partial charge in [-0.15, -0.1) is 0 Å². The van der Waals surface area contributed by atoms with Crippen LogP contribution in [0.4, 0.5) is 13.2 Å². The molecule has 0 fully saturated rings. The lowest BCUT2D eigenvalue weighted by Crippen LogP contribution is -2.05. The molecule has 0 aliphatic carbocycles. The molecule has 122 valence electrons. The monoisotopic (exact) mass is 344 g/mol. The van der Waals surface area contributed by atoms with Gasteiger partial charge in [0.2, 0.25) is 0 Å². The number of carboxylic acids is 1. The van der Waals surface area contributed by atoms with E-state index in [1.165, 1.54) is 12.1 Å². The summed E-state index contributed by atoms with van der Waals surface area (Å²) in [6.45, 7) is 3.22. The standard InChI is InChI=1S/C16H12ClF3O3/c1-8-5-11(6-9(2)14(8)15(21)22)23-13-4-3-10(7-12(13)17)16(18,19)20/h3-7H,1-2H3,(H,21,22). The van der Waals surface area contributed by atoms with Crippen molar-refractivity contribution in [1.29, 1.82) is 0 Å². The number of aryl methyl sites for hydroxylation is 2. The third-order valence-electron chi connectivity index (χ3n) is 3.21. The van der Waals surface area contributed by atoms with Crippen molar-refractivity contribution in [3.63, 3.8) is 0 Å². The SMILES string of the molecule is Cc1cc(Oc2ccc(C(F)(F)F)cc2Cl)cc(C)c1C(=O)O. The molecule has 3 nitrogen and oxygen atoms in total. The van der Waals surface area contributed by atoms with Gasteiger partial charge in [0.1, 0.15) is 11.5 Å². The number of ether oxygens (including phenoxy) is 1. The molecular weight excluding hydrogens is 333 g/mol. The maximum Gasteiger partial charge on any atom is 0.416 e. The van der Waals surface area contributed by atoms with Crippen LogP contribution in [0.2, 0.25) is 5.02 Å². The van der Waals surface area contributed by atoms with E-state index in [0.717, 1.165) is 18.2 Å². The van der Waals surface area contributed by atoms with Crippen LogP contribution >= 0.6 is 11.6 Å². The Morgan fingerprint density at radius 2 is 1.70 bits per heavy atom. The van der Waals surface area contributed by atoms with Crippen LogP contribution < -0.4 is 4.74 Å². The summed E-state index contributed by atoms with van der Waals surface area (Å²) in [6.07, 6.45) is -4.49. The Labute approximate surface area is 135 Å². The zero-order valence-corrected chi connectivity index (χ0v) is 12.9. The fourth-order valence-corrected chi connectivity index (χ4v) is 2.43. The third kappa shape index (κ3) is 3.76. The van der Waals surface area contributed by atoms with Crippen molar-refractivity contribution in [3.8, 4) is 11.5 Å². The summed E-state index contributed by atoms with van der Waals surface area (Å²) in [7, 11) is 0. The first-order valence-electron chi connectivity index (χ1n) is 6.48. The van der Waals surface area contributed by atoms with Gasteiger partial charge in [-0.1, -0.05) is 11.6 Å². The molecule has 0 heterocycles. The highest BCUT2D eigenvalue weighted by Gasteiger charge is 2.31. The van der Waals surface area contributed by atoms with E-state index in [1.54, 1.807) is 13.8 Å². The Kier molecular flexibility index (Phi) is 4.56. The van der Waals surface area contributed by atoms with E-state index >= 15 is 0 Å². The molecule has 0 aromatic heterocycles. The molecule has 2 rings (SSSR count). The van der Waals surface area contributed by atoms with Gasteiger partial charge in [-0.3, -0.25) is 0 Å². The van der Waals surface area contributed by atoms with Gasteiger partial charge in [-0.05, 0) is 55.3 Å². The molecule has 0 bridgehead atoms. The predicted octanol–water partition coefficient (Wildman–Crippen LogP) is 5.47. The van der Waals surface area contributed by atoms with Crippen LogP contribution in [0, 0.1) is 13.8 Å². The average molecular weight is 345 g/mol. The summed E-state index contributed by atoms with van der Waals surface area (Å²) < 4.78 is 43.3. The zero-order valence-electron chi connectivity index (χ0n) is 12.2. The van der Waals surface area contributed by atoms with Gasteiger partial charge in [0.05, 0.1) is 16.1 Å². The van der Waals surface area contributed by atoms with Crippen LogP contribution in [0.1, 0.15) is 27.0 Å². The number of halogens is 4. The van der Waals surface area contributed by atoms with Crippen molar-refractivity contribution in [2.45, 2.75) is 20.0 Å². The lowest BCUT2D eigenvalue weighted by Gasteiger charge is -2.13. The number of alkyl halides is 3. The van der Waals surface area contributed by atoms with E-state index < -0.39 is 17.7 Å². The van der Waals surface area contributed by atoms with E-state index in [9.17, 15) is 18.0 Å². The number of aromatic carboxylic acids is 1. The third-order valence-corrected chi connectivity index (χ3v) is 3.50. The molecule has 0 amide bonds. The summed E-state index contributed by atoms with van der Waals surface area (Å²) >= 11 is 5.83. The van der Waals surface area contributed by atoms with Crippen LogP contribution in [0.3, 0.4) is 0 Å². The minimum Gasteiger partial charge on any atom is -0.478 e.